The van der Waals surface area contributed by atoms with Gasteiger partial charge in [-0.05, 0) is 54.3 Å². The predicted molar refractivity (Wildman–Crippen MR) is 101 cm³/mol. The average molecular weight is 401 g/mol. The van der Waals surface area contributed by atoms with Crippen molar-refractivity contribution >= 4 is 12.0 Å². The molecule has 2 amide bonds. The van der Waals surface area contributed by atoms with Gasteiger partial charge in [0.25, 0.3) is 0 Å². The van der Waals surface area contributed by atoms with Crippen LogP contribution in [-0.2, 0) is 11.2 Å². The Labute approximate surface area is 168 Å². The Morgan fingerprint density at radius 1 is 1.17 bits per heavy atom. The lowest BCUT2D eigenvalue weighted by Crippen LogP contribution is -2.52. The van der Waals surface area contributed by atoms with Crippen LogP contribution < -0.4 is 19.9 Å². The smallest absolute Gasteiger partial charge is 0.318 e. The van der Waals surface area contributed by atoms with E-state index >= 15 is 0 Å². The first-order valence-corrected chi connectivity index (χ1v) is 9.14. The highest BCUT2D eigenvalue weighted by atomic mass is 19.1. The molecule has 3 rings (SSSR count). The first kappa shape index (κ1) is 20.4. The quantitative estimate of drug-likeness (QED) is 0.823. The van der Waals surface area contributed by atoms with E-state index in [-0.39, 0.29) is 0 Å². The van der Waals surface area contributed by atoms with E-state index in [1.165, 1.54) is 31.1 Å². The number of hydrogen-bond acceptors (Lipinski definition) is 5. The van der Waals surface area contributed by atoms with Crippen LogP contribution in [-0.4, -0.2) is 43.7 Å². The zero-order chi connectivity index (χ0) is 21.1. The second-order valence-corrected chi connectivity index (χ2v) is 6.79. The Bertz CT molecular complexity index is 916. The topological polar surface area (TPSA) is 90.9 Å². The standard InChI is InChI=1S/C21H23FN2O5/c1-12(20(25)26)23-21(27)24-9-8-14-10-17(28-2)18(29-3)11-16(14)19(24)13-4-6-15(22)7-5-13/h4-7,10-12,19H,8-9H2,1-3H3,(H,23,27)(H,25,26)/p-1/t12-,19-/m0/s1. The monoisotopic (exact) mass is 401 g/mol. The Hall–Kier alpha value is -3.29. The van der Waals surface area contributed by atoms with E-state index in [2.05, 4.69) is 5.32 Å². The molecular formula is C21H22FN2O5-. The van der Waals surface area contributed by atoms with Gasteiger partial charge in [-0.25, -0.2) is 9.18 Å². The summed E-state index contributed by atoms with van der Waals surface area (Å²) < 4.78 is 24.3. The molecule has 2 aromatic carbocycles. The number of benzene rings is 2. The van der Waals surface area contributed by atoms with Crippen LogP contribution >= 0.6 is 0 Å². The lowest BCUT2D eigenvalue weighted by atomic mass is 9.88. The van der Waals surface area contributed by atoms with E-state index < -0.39 is 29.9 Å². The summed E-state index contributed by atoms with van der Waals surface area (Å²) >= 11 is 0. The van der Waals surface area contributed by atoms with Crippen molar-refractivity contribution in [2.75, 3.05) is 20.8 Å². The fourth-order valence-electron chi connectivity index (χ4n) is 3.50. The van der Waals surface area contributed by atoms with Crippen LogP contribution in [0.4, 0.5) is 9.18 Å². The summed E-state index contributed by atoms with van der Waals surface area (Å²) in [5, 5.41) is 13.5. The molecule has 2 atom stereocenters. The van der Waals surface area contributed by atoms with Crippen LogP contribution in [0, 0.1) is 5.82 Å². The highest BCUT2D eigenvalue weighted by molar-refractivity contribution is 5.82. The number of nitrogens with zero attached hydrogens (tertiary/aromatic N) is 1. The highest BCUT2D eigenvalue weighted by Gasteiger charge is 2.34. The number of carbonyl (C=O) groups excluding carboxylic acids is 2. The first-order valence-electron chi connectivity index (χ1n) is 9.14. The van der Waals surface area contributed by atoms with Gasteiger partial charge in [0.1, 0.15) is 5.82 Å². The lowest BCUT2D eigenvalue weighted by molar-refractivity contribution is -0.307. The molecule has 0 saturated heterocycles. The molecule has 154 valence electrons. The Morgan fingerprint density at radius 2 is 1.79 bits per heavy atom. The first-order chi connectivity index (χ1) is 13.8. The molecule has 0 fully saturated rings. The molecule has 1 heterocycles. The van der Waals surface area contributed by atoms with Crippen molar-refractivity contribution in [3.63, 3.8) is 0 Å². The van der Waals surface area contributed by atoms with Gasteiger partial charge in [-0.1, -0.05) is 12.1 Å². The third-order valence-corrected chi connectivity index (χ3v) is 5.01. The second-order valence-electron chi connectivity index (χ2n) is 6.79. The van der Waals surface area contributed by atoms with Crippen molar-refractivity contribution < 1.29 is 28.6 Å². The predicted octanol–water partition coefficient (Wildman–Crippen LogP) is 1.64. The summed E-state index contributed by atoms with van der Waals surface area (Å²) in [6, 6.07) is 7.28. The summed E-state index contributed by atoms with van der Waals surface area (Å²) in [6.45, 7) is 1.68. The van der Waals surface area contributed by atoms with E-state index in [9.17, 15) is 19.1 Å². The van der Waals surface area contributed by atoms with Gasteiger partial charge in [0.05, 0.1) is 32.3 Å². The molecule has 1 aliphatic heterocycles. The molecule has 7 nitrogen and oxygen atoms in total. The van der Waals surface area contributed by atoms with Gasteiger partial charge < -0.3 is 29.6 Å². The number of carbonyl (C=O) groups is 2. The maximum atomic E-state index is 13.5. The second kappa shape index (κ2) is 8.38. The van der Waals surface area contributed by atoms with Gasteiger partial charge in [0.15, 0.2) is 11.5 Å². The average Bonchev–Trinajstić information content (AvgIpc) is 2.72. The number of amides is 2. The Kier molecular flexibility index (Phi) is 5.91. The number of nitrogens with one attached hydrogen (secondary N) is 1. The minimum Gasteiger partial charge on any atom is -0.548 e. The molecule has 0 unspecified atom stereocenters. The van der Waals surface area contributed by atoms with Gasteiger partial charge in [-0.3, -0.25) is 0 Å². The number of carboxylic acid groups (broad SMARTS) is 1. The van der Waals surface area contributed by atoms with Gasteiger partial charge in [0, 0.05) is 6.54 Å². The van der Waals surface area contributed by atoms with E-state index in [1.54, 1.807) is 25.3 Å². The van der Waals surface area contributed by atoms with Crippen LogP contribution in [0.25, 0.3) is 0 Å². The van der Waals surface area contributed by atoms with Gasteiger partial charge in [-0.2, -0.15) is 0 Å². The number of urea groups is 1. The van der Waals surface area contributed by atoms with Crippen LogP contribution in [0.1, 0.15) is 29.7 Å². The van der Waals surface area contributed by atoms with Gasteiger partial charge in [0.2, 0.25) is 0 Å². The normalized spacial score (nSPS) is 16.6. The molecule has 1 aliphatic rings. The van der Waals surface area contributed by atoms with E-state index in [0.29, 0.717) is 30.0 Å². The molecule has 1 N–H and O–H groups in total. The number of rotatable bonds is 5. The van der Waals surface area contributed by atoms with Gasteiger partial charge >= 0.3 is 6.03 Å². The van der Waals surface area contributed by atoms with Crippen molar-refractivity contribution in [3.8, 4) is 11.5 Å². The SMILES string of the molecule is COc1cc2c(cc1OC)[C@H](c1ccc(F)cc1)N(C(=O)N[C@@H](C)C(=O)[O-])CC2. The van der Waals surface area contributed by atoms with Crippen molar-refractivity contribution in [3.05, 3.63) is 58.9 Å². The summed E-state index contributed by atoms with van der Waals surface area (Å²) in [6.07, 6.45) is 0.542. The fourth-order valence-corrected chi connectivity index (χ4v) is 3.50. The molecule has 0 saturated carbocycles. The lowest BCUT2D eigenvalue weighted by Gasteiger charge is -2.38. The molecule has 0 aromatic heterocycles. The summed E-state index contributed by atoms with van der Waals surface area (Å²) in [5.41, 5.74) is 2.46. The zero-order valence-electron chi connectivity index (χ0n) is 16.4. The summed E-state index contributed by atoms with van der Waals surface area (Å²) in [5.74, 6) is -0.685. The van der Waals surface area contributed by atoms with Crippen LogP contribution in [0.5, 0.6) is 11.5 Å². The molecule has 0 spiro atoms. The number of fused-ring (bicyclic) bond motifs is 1. The molecule has 0 bridgehead atoms. The number of hydrogen-bond donors (Lipinski definition) is 1. The minimum atomic E-state index is -1.37. The van der Waals surface area contributed by atoms with Crippen LogP contribution in [0.3, 0.4) is 0 Å². The third-order valence-electron chi connectivity index (χ3n) is 5.01. The molecule has 8 heteroatoms. The van der Waals surface area contributed by atoms with E-state index in [1.807, 2.05) is 6.07 Å². The highest BCUT2D eigenvalue weighted by Crippen LogP contribution is 2.41. The maximum Gasteiger partial charge on any atom is 0.318 e. The van der Waals surface area contributed by atoms with E-state index in [0.717, 1.165) is 11.1 Å². The zero-order valence-corrected chi connectivity index (χ0v) is 16.4. The van der Waals surface area contributed by atoms with Crippen molar-refractivity contribution in [1.29, 1.82) is 0 Å². The molecule has 29 heavy (non-hydrogen) atoms. The third kappa shape index (κ3) is 4.11. The molecule has 0 aliphatic carbocycles. The molecule has 2 aromatic rings. The number of aliphatic carboxylic acids is 1. The number of halogens is 1. The fraction of sp³-hybridized carbons (Fsp3) is 0.333. The van der Waals surface area contributed by atoms with Crippen molar-refractivity contribution in [2.45, 2.75) is 25.4 Å². The molecular weight excluding hydrogens is 379 g/mol. The van der Waals surface area contributed by atoms with E-state index in [4.69, 9.17) is 9.47 Å². The Balaban J connectivity index is 2.08. The minimum absolute atomic E-state index is 0.343. The molecule has 0 radical (unpaired) electrons. The van der Waals surface area contributed by atoms with Crippen molar-refractivity contribution in [1.82, 2.24) is 10.2 Å². The largest absolute Gasteiger partial charge is 0.548 e. The number of methoxy groups -OCH3 is 2. The summed E-state index contributed by atoms with van der Waals surface area (Å²) in [4.78, 5) is 25.4. The van der Waals surface area contributed by atoms with Crippen LogP contribution in [0.2, 0.25) is 0 Å². The van der Waals surface area contributed by atoms with Crippen LogP contribution in [0.15, 0.2) is 36.4 Å². The van der Waals surface area contributed by atoms with Crippen molar-refractivity contribution in [2.24, 2.45) is 0 Å². The number of carboxylic acids is 1. The van der Waals surface area contributed by atoms with Gasteiger partial charge in [-0.15, -0.1) is 0 Å². The summed E-state index contributed by atoms with van der Waals surface area (Å²) in [7, 11) is 3.07. The Morgan fingerprint density at radius 3 is 2.38 bits per heavy atom. The maximum absolute atomic E-state index is 13.5. The number of ether oxygens (including phenoxy) is 2.